The predicted molar refractivity (Wildman–Crippen MR) is 57.2 cm³/mol. The van der Waals surface area contributed by atoms with Crippen molar-refractivity contribution in [3.63, 3.8) is 0 Å². The zero-order valence-electron chi connectivity index (χ0n) is 7.88. The Morgan fingerprint density at radius 2 is 2.27 bits per heavy atom. The summed E-state index contributed by atoms with van der Waals surface area (Å²) in [5.74, 6) is 0.492. The van der Waals surface area contributed by atoms with Gasteiger partial charge in [-0.3, -0.25) is 5.10 Å². The Morgan fingerprint density at radius 3 is 3.07 bits per heavy atom. The molecule has 3 aromatic heterocycles. The summed E-state index contributed by atoms with van der Waals surface area (Å²) in [4.78, 5) is 0. The van der Waals surface area contributed by atoms with Crippen molar-refractivity contribution in [1.29, 1.82) is 0 Å². The third-order valence-corrected chi connectivity index (χ3v) is 2.32. The first kappa shape index (κ1) is 8.05. The van der Waals surface area contributed by atoms with Gasteiger partial charge in [-0.15, -0.1) is 0 Å². The van der Waals surface area contributed by atoms with Crippen LogP contribution >= 0.6 is 0 Å². The van der Waals surface area contributed by atoms with Crippen LogP contribution in [0.25, 0.3) is 16.8 Å². The molecule has 5 nitrogen and oxygen atoms in total. The van der Waals surface area contributed by atoms with Gasteiger partial charge < -0.3 is 5.73 Å². The summed E-state index contributed by atoms with van der Waals surface area (Å²) in [5.41, 5.74) is 8.54. The number of hydrogen-bond donors (Lipinski definition) is 2. The van der Waals surface area contributed by atoms with Crippen LogP contribution in [-0.2, 0) is 0 Å². The van der Waals surface area contributed by atoms with Crippen LogP contribution in [0.15, 0.2) is 36.7 Å². The van der Waals surface area contributed by atoms with Crippen molar-refractivity contribution in [2.45, 2.75) is 0 Å². The maximum atomic E-state index is 5.57. The molecule has 74 valence electrons. The molecule has 0 aromatic carbocycles. The molecule has 0 spiro atoms. The third-order valence-electron chi connectivity index (χ3n) is 2.32. The fourth-order valence-electron chi connectivity index (χ4n) is 1.66. The van der Waals surface area contributed by atoms with Gasteiger partial charge in [0.1, 0.15) is 5.82 Å². The van der Waals surface area contributed by atoms with E-state index in [1.54, 1.807) is 6.20 Å². The van der Waals surface area contributed by atoms with Gasteiger partial charge in [0.2, 0.25) is 0 Å². The van der Waals surface area contributed by atoms with Crippen molar-refractivity contribution in [2.24, 2.45) is 0 Å². The van der Waals surface area contributed by atoms with Gasteiger partial charge >= 0.3 is 0 Å². The summed E-state index contributed by atoms with van der Waals surface area (Å²) in [5, 5.41) is 11.0. The number of H-pyrrole nitrogens is 1. The first-order valence-electron chi connectivity index (χ1n) is 4.58. The van der Waals surface area contributed by atoms with E-state index in [9.17, 15) is 0 Å². The Bertz CT molecular complexity index is 607. The minimum absolute atomic E-state index is 0.492. The quantitative estimate of drug-likeness (QED) is 0.620. The van der Waals surface area contributed by atoms with E-state index in [4.69, 9.17) is 5.73 Å². The number of nitrogens with one attached hydrogen (secondary N) is 1. The molecule has 0 atom stereocenters. The van der Waals surface area contributed by atoms with E-state index in [-0.39, 0.29) is 0 Å². The highest BCUT2D eigenvalue weighted by atomic mass is 15.2. The second-order valence-electron chi connectivity index (χ2n) is 3.29. The number of nitrogen functional groups attached to an aromatic ring is 1. The minimum atomic E-state index is 0.492. The zero-order valence-corrected chi connectivity index (χ0v) is 7.88. The number of anilines is 1. The Kier molecular flexibility index (Phi) is 1.53. The normalized spacial score (nSPS) is 10.9. The predicted octanol–water partition coefficient (Wildman–Crippen LogP) is 1.31. The number of pyridine rings is 1. The molecule has 0 aliphatic carbocycles. The maximum Gasteiger partial charge on any atom is 0.145 e. The van der Waals surface area contributed by atoms with Gasteiger partial charge in [0.25, 0.3) is 0 Å². The van der Waals surface area contributed by atoms with Gasteiger partial charge in [0.15, 0.2) is 0 Å². The SMILES string of the molecule is Nc1cc(-c2cccn3nccc23)[nH]n1. The van der Waals surface area contributed by atoms with E-state index in [2.05, 4.69) is 15.3 Å². The maximum absolute atomic E-state index is 5.57. The second kappa shape index (κ2) is 2.84. The lowest BCUT2D eigenvalue weighted by Crippen LogP contribution is -1.88. The molecule has 0 fully saturated rings. The van der Waals surface area contributed by atoms with E-state index in [1.807, 2.05) is 35.0 Å². The largest absolute Gasteiger partial charge is 0.382 e. The third kappa shape index (κ3) is 1.17. The molecule has 5 heteroatoms. The Balaban J connectivity index is 2.30. The van der Waals surface area contributed by atoms with Crippen molar-refractivity contribution in [2.75, 3.05) is 5.73 Å². The van der Waals surface area contributed by atoms with Crippen molar-refractivity contribution in [3.05, 3.63) is 36.7 Å². The fraction of sp³-hybridized carbons (Fsp3) is 0. The molecule has 0 saturated carbocycles. The Labute approximate surface area is 85.5 Å². The van der Waals surface area contributed by atoms with E-state index in [0.717, 1.165) is 16.8 Å². The number of nitrogens with two attached hydrogens (primary N) is 1. The van der Waals surface area contributed by atoms with Crippen LogP contribution in [-0.4, -0.2) is 19.8 Å². The molecule has 0 saturated heterocycles. The summed E-state index contributed by atoms with van der Waals surface area (Å²) in [6.45, 7) is 0. The molecule has 0 amide bonds. The smallest absolute Gasteiger partial charge is 0.145 e. The number of fused-ring (bicyclic) bond motifs is 1. The van der Waals surface area contributed by atoms with Gasteiger partial charge in [-0.05, 0) is 18.2 Å². The topological polar surface area (TPSA) is 72.0 Å². The second-order valence-corrected chi connectivity index (χ2v) is 3.29. The summed E-state index contributed by atoms with van der Waals surface area (Å²) < 4.78 is 1.81. The molecule has 3 rings (SSSR count). The standard InChI is InChI=1S/C10H9N5/c11-10-6-8(13-14-10)7-2-1-5-15-9(7)3-4-12-15/h1-6H,(H3,11,13,14). The molecule has 15 heavy (non-hydrogen) atoms. The fourth-order valence-corrected chi connectivity index (χ4v) is 1.66. The number of aromatic amines is 1. The van der Waals surface area contributed by atoms with Gasteiger partial charge in [0.05, 0.1) is 17.4 Å². The average Bonchev–Trinajstić information content (AvgIpc) is 2.84. The first-order valence-corrected chi connectivity index (χ1v) is 4.58. The molecule has 0 unspecified atom stereocenters. The van der Waals surface area contributed by atoms with Gasteiger partial charge in [-0.1, -0.05) is 0 Å². The van der Waals surface area contributed by atoms with E-state index < -0.39 is 0 Å². The Hall–Kier alpha value is -2.30. The lowest BCUT2D eigenvalue weighted by molar-refractivity contribution is 0.961. The molecular weight excluding hydrogens is 190 g/mol. The van der Waals surface area contributed by atoms with E-state index in [1.165, 1.54) is 0 Å². The van der Waals surface area contributed by atoms with Crippen molar-refractivity contribution in [3.8, 4) is 11.3 Å². The first-order chi connectivity index (χ1) is 7.34. The van der Waals surface area contributed by atoms with E-state index >= 15 is 0 Å². The van der Waals surface area contributed by atoms with Gasteiger partial charge in [-0.25, -0.2) is 4.52 Å². The highest BCUT2D eigenvalue weighted by Crippen LogP contribution is 2.23. The summed E-state index contributed by atoms with van der Waals surface area (Å²) in [7, 11) is 0. The highest BCUT2D eigenvalue weighted by Gasteiger charge is 2.06. The number of hydrogen-bond acceptors (Lipinski definition) is 3. The zero-order chi connectivity index (χ0) is 10.3. The lowest BCUT2D eigenvalue weighted by Gasteiger charge is -1.99. The molecule has 3 N–H and O–H groups in total. The van der Waals surface area contributed by atoms with Crippen molar-refractivity contribution >= 4 is 11.3 Å². The number of rotatable bonds is 1. The van der Waals surface area contributed by atoms with Crippen molar-refractivity contribution < 1.29 is 0 Å². The van der Waals surface area contributed by atoms with Crippen LogP contribution in [0, 0.1) is 0 Å². The van der Waals surface area contributed by atoms with Gasteiger partial charge in [-0.2, -0.15) is 10.2 Å². The number of aromatic nitrogens is 4. The van der Waals surface area contributed by atoms with Crippen LogP contribution in [0.5, 0.6) is 0 Å². The monoisotopic (exact) mass is 199 g/mol. The van der Waals surface area contributed by atoms with Crippen LogP contribution in [0.4, 0.5) is 5.82 Å². The molecule has 3 heterocycles. The molecule has 0 radical (unpaired) electrons. The highest BCUT2D eigenvalue weighted by molar-refractivity contribution is 5.78. The van der Waals surface area contributed by atoms with Crippen LogP contribution in [0.1, 0.15) is 0 Å². The van der Waals surface area contributed by atoms with Crippen LogP contribution in [0.2, 0.25) is 0 Å². The van der Waals surface area contributed by atoms with E-state index in [0.29, 0.717) is 5.82 Å². The number of nitrogens with zero attached hydrogens (tertiary/aromatic N) is 3. The average molecular weight is 199 g/mol. The minimum Gasteiger partial charge on any atom is -0.382 e. The Morgan fingerprint density at radius 1 is 1.33 bits per heavy atom. The lowest BCUT2D eigenvalue weighted by atomic mass is 10.1. The van der Waals surface area contributed by atoms with Crippen LogP contribution < -0.4 is 5.73 Å². The summed E-state index contributed by atoms with van der Waals surface area (Å²) in [6, 6.07) is 7.70. The van der Waals surface area contributed by atoms with Crippen LogP contribution in [0.3, 0.4) is 0 Å². The summed E-state index contributed by atoms with van der Waals surface area (Å²) in [6.07, 6.45) is 3.66. The molecule has 0 bridgehead atoms. The molecular formula is C10H9N5. The molecule has 0 aliphatic rings. The van der Waals surface area contributed by atoms with Gasteiger partial charge in [0, 0.05) is 17.8 Å². The van der Waals surface area contributed by atoms with Crippen molar-refractivity contribution in [1.82, 2.24) is 19.8 Å². The molecule has 0 aliphatic heterocycles. The molecule has 3 aromatic rings. The summed E-state index contributed by atoms with van der Waals surface area (Å²) >= 11 is 0.